The van der Waals surface area contributed by atoms with E-state index in [9.17, 15) is 9.59 Å². The van der Waals surface area contributed by atoms with Crippen LogP contribution in [0.3, 0.4) is 0 Å². The van der Waals surface area contributed by atoms with E-state index in [-0.39, 0.29) is 23.5 Å². The maximum absolute atomic E-state index is 12.6. The summed E-state index contributed by atoms with van der Waals surface area (Å²) >= 11 is 1.13. The Morgan fingerprint density at radius 3 is 2.19 bits per heavy atom. The number of hydrogen-bond acceptors (Lipinski definition) is 9. The van der Waals surface area contributed by atoms with E-state index >= 15 is 0 Å². The normalized spacial score (nSPS) is 36.9. The molecule has 4 bridgehead atoms. The van der Waals surface area contributed by atoms with Crippen molar-refractivity contribution in [3.05, 3.63) is 5.82 Å². The maximum Gasteiger partial charge on any atom is 0.369 e. The van der Waals surface area contributed by atoms with E-state index in [1.165, 1.54) is 6.42 Å². The fourth-order valence-corrected chi connectivity index (χ4v) is 6.03. The molecule has 1 spiro atoms. The van der Waals surface area contributed by atoms with E-state index in [4.69, 9.17) is 9.47 Å². The number of carbonyl (C=O) groups excluding carboxylic acids is 2. The van der Waals surface area contributed by atoms with Gasteiger partial charge >= 0.3 is 11.9 Å². The van der Waals surface area contributed by atoms with Crippen molar-refractivity contribution in [2.24, 2.45) is 28.8 Å². The van der Waals surface area contributed by atoms with E-state index in [0.29, 0.717) is 22.8 Å². The molecule has 1 aromatic heterocycles. The largest absolute Gasteiger partial charge is 0.417 e. The lowest BCUT2D eigenvalue weighted by molar-refractivity contribution is -0.308. The van der Waals surface area contributed by atoms with Gasteiger partial charge in [-0.1, -0.05) is 13.8 Å². The first kappa shape index (κ1) is 17.1. The van der Waals surface area contributed by atoms with Gasteiger partial charge in [0, 0.05) is 29.3 Å². The fourth-order valence-electron chi connectivity index (χ4n) is 5.37. The van der Waals surface area contributed by atoms with Crippen molar-refractivity contribution in [3.63, 3.8) is 0 Å². The molecule has 6 rings (SSSR count). The van der Waals surface area contributed by atoms with Crippen LogP contribution >= 0.6 is 11.5 Å². The molecule has 2 heterocycles. The number of rotatable bonds is 3. The van der Waals surface area contributed by atoms with Crippen LogP contribution in [0.4, 0.5) is 5.13 Å². The lowest BCUT2D eigenvalue weighted by Gasteiger charge is -2.59. The zero-order chi connectivity index (χ0) is 18.8. The first-order chi connectivity index (χ1) is 12.9. The number of esters is 2. The summed E-state index contributed by atoms with van der Waals surface area (Å²) in [5.41, 5.74) is 2.27. The molecule has 4 aliphatic carbocycles. The van der Waals surface area contributed by atoms with Gasteiger partial charge in [-0.2, -0.15) is 9.47 Å². The Labute approximate surface area is 160 Å². The summed E-state index contributed by atoms with van der Waals surface area (Å²) in [6, 6.07) is 0. The van der Waals surface area contributed by atoms with Gasteiger partial charge in [0.2, 0.25) is 5.13 Å². The number of nitrogens with zero attached hydrogens (tertiary/aromatic N) is 3. The van der Waals surface area contributed by atoms with E-state index in [2.05, 4.69) is 19.9 Å². The minimum Gasteiger partial charge on any atom is -0.417 e. The SMILES string of the molecule is CC(C)c1nsc(NN=C2C(=O)OC3(OC2=O)C2CC4CC(C2)CC3C4)n1. The standard InChI is InChI=1S/C18H22N4O4S/c1-8(2)14-19-17(27-22-14)21-20-13-15(23)25-18(26-16(13)24)11-4-9-3-10(6-11)7-12(18)5-9/h8-12H,3-7H2,1-2H3,(H,19,21,22). The topological polar surface area (TPSA) is 103 Å². The number of ether oxygens (including phenoxy) is 2. The molecule has 5 aliphatic rings. The van der Waals surface area contributed by atoms with Crippen LogP contribution in [0.5, 0.6) is 0 Å². The van der Waals surface area contributed by atoms with Gasteiger partial charge in [0.05, 0.1) is 0 Å². The first-order valence-electron chi connectivity index (χ1n) is 9.58. The molecule has 9 heteroatoms. The second-order valence-corrected chi connectivity index (χ2v) is 9.24. The third kappa shape index (κ3) is 2.66. The Hall–Kier alpha value is -2.03. The monoisotopic (exact) mass is 390 g/mol. The molecule has 0 atom stereocenters. The highest BCUT2D eigenvalue weighted by Crippen LogP contribution is 2.60. The van der Waals surface area contributed by atoms with E-state index in [1.54, 1.807) is 0 Å². The van der Waals surface area contributed by atoms with Crippen LogP contribution in [0.25, 0.3) is 0 Å². The molecular weight excluding hydrogens is 368 g/mol. The summed E-state index contributed by atoms with van der Waals surface area (Å²) in [4.78, 5) is 29.5. The van der Waals surface area contributed by atoms with Crippen molar-refractivity contribution in [1.82, 2.24) is 9.36 Å². The smallest absolute Gasteiger partial charge is 0.369 e. The van der Waals surface area contributed by atoms with E-state index in [1.807, 2.05) is 13.8 Å². The molecule has 0 aromatic carbocycles. The quantitative estimate of drug-likeness (QED) is 0.625. The zero-order valence-electron chi connectivity index (χ0n) is 15.3. The van der Waals surface area contributed by atoms with E-state index in [0.717, 1.165) is 37.2 Å². The molecular formula is C18H22N4O4S. The van der Waals surface area contributed by atoms with Crippen LogP contribution in [0.2, 0.25) is 0 Å². The molecule has 27 heavy (non-hydrogen) atoms. The maximum atomic E-state index is 12.6. The average Bonchev–Trinajstić information content (AvgIpc) is 3.08. The summed E-state index contributed by atoms with van der Waals surface area (Å²) in [7, 11) is 0. The predicted molar refractivity (Wildman–Crippen MR) is 97.0 cm³/mol. The Bertz CT molecular complexity index is 783. The van der Waals surface area contributed by atoms with Crippen molar-refractivity contribution in [2.45, 2.75) is 57.7 Å². The second-order valence-electron chi connectivity index (χ2n) is 8.49. The summed E-state index contributed by atoms with van der Waals surface area (Å²) in [6.07, 6.45) is 5.16. The predicted octanol–water partition coefficient (Wildman–Crippen LogP) is 2.68. The molecule has 144 valence electrons. The lowest BCUT2D eigenvalue weighted by Crippen LogP contribution is -2.65. The molecule has 1 N–H and O–H groups in total. The van der Waals surface area contributed by atoms with Gasteiger partial charge in [-0.05, 0) is 43.9 Å². The highest BCUT2D eigenvalue weighted by Gasteiger charge is 2.64. The molecule has 5 fully saturated rings. The van der Waals surface area contributed by atoms with Gasteiger partial charge in [-0.15, -0.1) is 0 Å². The minimum absolute atomic E-state index is 0.118. The van der Waals surface area contributed by atoms with Crippen LogP contribution < -0.4 is 5.43 Å². The third-order valence-corrected chi connectivity index (χ3v) is 7.02. The molecule has 0 amide bonds. The summed E-state index contributed by atoms with van der Waals surface area (Å²) in [5, 5.41) is 4.33. The van der Waals surface area contributed by atoms with Crippen LogP contribution in [-0.4, -0.2) is 32.8 Å². The van der Waals surface area contributed by atoms with Crippen molar-refractivity contribution in [1.29, 1.82) is 0 Å². The average molecular weight is 390 g/mol. The van der Waals surface area contributed by atoms with E-state index < -0.39 is 17.7 Å². The summed E-state index contributed by atoms with van der Waals surface area (Å²) < 4.78 is 15.8. The van der Waals surface area contributed by atoms with Crippen LogP contribution in [0, 0.1) is 23.7 Å². The van der Waals surface area contributed by atoms with Crippen molar-refractivity contribution in [2.75, 3.05) is 5.43 Å². The molecule has 1 saturated heterocycles. The van der Waals surface area contributed by atoms with Crippen LogP contribution in [0.1, 0.15) is 57.7 Å². The van der Waals surface area contributed by atoms with Gasteiger partial charge in [0.25, 0.3) is 11.5 Å². The Kier molecular flexibility index (Phi) is 3.79. The third-order valence-electron chi connectivity index (χ3n) is 6.39. The number of nitrogens with one attached hydrogen (secondary N) is 1. The Balaban J connectivity index is 1.35. The summed E-state index contributed by atoms with van der Waals surface area (Å²) in [6.45, 7) is 3.97. The van der Waals surface area contributed by atoms with Crippen molar-refractivity contribution in [3.8, 4) is 0 Å². The van der Waals surface area contributed by atoms with Crippen molar-refractivity contribution >= 4 is 34.3 Å². The highest BCUT2D eigenvalue weighted by atomic mass is 32.1. The molecule has 0 unspecified atom stereocenters. The molecule has 8 nitrogen and oxygen atoms in total. The van der Waals surface area contributed by atoms with Gasteiger partial charge in [-0.25, -0.2) is 14.6 Å². The first-order valence-corrected chi connectivity index (χ1v) is 10.4. The fraction of sp³-hybridized carbons (Fsp3) is 0.722. The highest BCUT2D eigenvalue weighted by molar-refractivity contribution is 7.09. The van der Waals surface area contributed by atoms with Gasteiger partial charge in [-0.3, -0.25) is 5.43 Å². The summed E-state index contributed by atoms with van der Waals surface area (Å²) in [5.74, 6) is -0.0243. The molecule has 0 radical (unpaired) electrons. The molecule has 1 aliphatic heterocycles. The Morgan fingerprint density at radius 2 is 1.67 bits per heavy atom. The lowest BCUT2D eigenvalue weighted by atomic mass is 9.53. The van der Waals surface area contributed by atoms with Crippen LogP contribution in [-0.2, 0) is 19.1 Å². The molecule has 4 saturated carbocycles. The van der Waals surface area contributed by atoms with Gasteiger partial charge in [0.15, 0.2) is 0 Å². The second kappa shape index (κ2) is 5.98. The van der Waals surface area contributed by atoms with Crippen LogP contribution in [0.15, 0.2) is 5.10 Å². The van der Waals surface area contributed by atoms with Gasteiger partial charge < -0.3 is 9.47 Å². The number of hydrazone groups is 1. The number of hydrogen-bond donors (Lipinski definition) is 1. The van der Waals surface area contributed by atoms with Gasteiger partial charge in [0.1, 0.15) is 5.82 Å². The van der Waals surface area contributed by atoms with Crippen molar-refractivity contribution < 1.29 is 19.1 Å². The number of anilines is 1. The number of aromatic nitrogens is 2. The molecule has 1 aromatic rings. The zero-order valence-corrected chi connectivity index (χ0v) is 16.1. The minimum atomic E-state index is -1.08. The number of carbonyl (C=O) groups is 2. The Morgan fingerprint density at radius 1 is 1.07 bits per heavy atom.